The number of hydrazone groups is 1. The Kier molecular flexibility index (Phi) is 4.21. The smallest absolute Gasteiger partial charge is 0.272 e. The van der Waals surface area contributed by atoms with Gasteiger partial charge in [0.1, 0.15) is 5.69 Å². The number of aromatic amines is 1. The predicted octanol–water partition coefficient (Wildman–Crippen LogP) is 4.48. The number of nitrogens with zero attached hydrogens (tertiary/aromatic N) is 2. The lowest BCUT2D eigenvalue weighted by Gasteiger charge is -2.15. The largest absolute Gasteiger partial charge is 0.289 e. The number of nitrogens with one attached hydrogen (secondary N) is 2. The van der Waals surface area contributed by atoms with Gasteiger partial charge >= 0.3 is 0 Å². The van der Waals surface area contributed by atoms with Gasteiger partial charge in [0, 0.05) is 16.7 Å². The Hall–Kier alpha value is -3.73. The monoisotopic (exact) mass is 380 g/mol. The van der Waals surface area contributed by atoms with Gasteiger partial charge in [-0.05, 0) is 36.1 Å². The van der Waals surface area contributed by atoms with E-state index in [2.05, 4.69) is 51.1 Å². The molecule has 0 atom stereocenters. The van der Waals surface area contributed by atoms with Gasteiger partial charge in [0.15, 0.2) is 0 Å². The molecule has 1 aliphatic rings. The molecule has 1 amide bonds. The summed E-state index contributed by atoms with van der Waals surface area (Å²) in [4.78, 5) is 12.8. The van der Waals surface area contributed by atoms with E-state index in [4.69, 9.17) is 0 Å². The molecule has 0 fully saturated rings. The summed E-state index contributed by atoms with van der Waals surface area (Å²) in [5, 5.41) is 14.0. The first-order chi connectivity index (χ1) is 14.2. The molecule has 29 heavy (non-hydrogen) atoms. The molecule has 0 saturated heterocycles. The van der Waals surface area contributed by atoms with Crippen LogP contribution in [0.25, 0.3) is 22.0 Å². The van der Waals surface area contributed by atoms with Crippen molar-refractivity contribution in [3.8, 4) is 11.3 Å². The molecule has 0 saturated carbocycles. The normalized spacial score (nSPS) is 13.1. The van der Waals surface area contributed by atoms with E-state index in [1.54, 1.807) is 0 Å². The number of hydrogen-bond donors (Lipinski definition) is 2. The molecule has 0 bridgehead atoms. The van der Waals surface area contributed by atoms with E-state index in [0.717, 1.165) is 51.7 Å². The molecule has 2 N–H and O–H groups in total. The Bertz CT molecular complexity index is 1260. The maximum Gasteiger partial charge on any atom is 0.289 e. The summed E-state index contributed by atoms with van der Waals surface area (Å²) in [7, 11) is 0. The molecule has 1 heterocycles. The number of aryl methyl sites for hydroxylation is 1. The molecule has 3 aromatic carbocycles. The second-order valence-electron chi connectivity index (χ2n) is 7.25. The molecule has 5 heteroatoms. The molecule has 142 valence electrons. The summed E-state index contributed by atoms with van der Waals surface area (Å²) >= 11 is 0. The molecular weight excluding hydrogens is 360 g/mol. The van der Waals surface area contributed by atoms with Gasteiger partial charge in [0.2, 0.25) is 0 Å². The van der Waals surface area contributed by atoms with E-state index in [9.17, 15) is 4.79 Å². The van der Waals surface area contributed by atoms with E-state index in [1.807, 2.05) is 43.3 Å². The summed E-state index contributed by atoms with van der Waals surface area (Å²) in [5.41, 5.74) is 9.14. The Morgan fingerprint density at radius 1 is 1.00 bits per heavy atom. The van der Waals surface area contributed by atoms with Crippen LogP contribution in [-0.2, 0) is 12.8 Å². The molecule has 1 aliphatic carbocycles. The fourth-order valence-electron chi connectivity index (χ4n) is 4.04. The highest BCUT2D eigenvalue weighted by Crippen LogP contribution is 2.33. The number of fused-ring (bicyclic) bond motifs is 4. The van der Waals surface area contributed by atoms with Gasteiger partial charge < -0.3 is 0 Å². The molecule has 5 nitrogen and oxygen atoms in total. The fourth-order valence-corrected chi connectivity index (χ4v) is 4.04. The van der Waals surface area contributed by atoms with Crippen LogP contribution in [0.2, 0.25) is 0 Å². The molecule has 4 aromatic rings. The highest BCUT2D eigenvalue weighted by molar-refractivity contribution is 6.10. The number of amides is 1. The average molecular weight is 380 g/mol. The average Bonchev–Trinajstić information content (AvgIpc) is 3.21. The first kappa shape index (κ1) is 17.4. The van der Waals surface area contributed by atoms with Crippen molar-refractivity contribution >= 4 is 22.4 Å². The van der Waals surface area contributed by atoms with Gasteiger partial charge in [-0.25, -0.2) is 5.43 Å². The highest BCUT2D eigenvalue weighted by Gasteiger charge is 2.24. The minimum Gasteiger partial charge on any atom is -0.272 e. The van der Waals surface area contributed by atoms with E-state index in [1.165, 1.54) is 5.56 Å². The van der Waals surface area contributed by atoms with Crippen LogP contribution in [0.1, 0.15) is 34.1 Å². The summed E-state index contributed by atoms with van der Waals surface area (Å²) in [5.74, 6) is -0.266. The Balaban J connectivity index is 1.43. The Morgan fingerprint density at radius 3 is 2.72 bits per heavy atom. The van der Waals surface area contributed by atoms with Gasteiger partial charge in [0.05, 0.1) is 11.4 Å². The summed E-state index contributed by atoms with van der Waals surface area (Å²) < 4.78 is 0. The zero-order valence-electron chi connectivity index (χ0n) is 16.1. The maximum absolute atomic E-state index is 12.8. The first-order valence-corrected chi connectivity index (χ1v) is 9.70. The minimum atomic E-state index is -0.266. The standard InChI is InChI=1S/C24H20N4O/c1-15(18-12-6-9-16-7-2-4-10-19(16)18)25-28-24(29)23-21-14-13-17-8-3-5-11-20(17)22(21)26-27-23/h2-12H,13-14H2,1H3,(H,26,27)(H,28,29)/b25-15-. The molecule has 1 aromatic heterocycles. The summed E-state index contributed by atoms with van der Waals surface area (Å²) in [6, 6.07) is 22.4. The van der Waals surface area contributed by atoms with E-state index < -0.39 is 0 Å². The third kappa shape index (κ3) is 3.01. The number of benzene rings is 3. The van der Waals surface area contributed by atoms with E-state index >= 15 is 0 Å². The highest BCUT2D eigenvalue weighted by atomic mass is 16.2. The second kappa shape index (κ2) is 7.02. The topological polar surface area (TPSA) is 70.1 Å². The first-order valence-electron chi connectivity index (χ1n) is 9.70. The van der Waals surface area contributed by atoms with Crippen LogP contribution >= 0.6 is 0 Å². The zero-order valence-corrected chi connectivity index (χ0v) is 16.1. The summed E-state index contributed by atoms with van der Waals surface area (Å²) in [6.07, 6.45) is 1.69. The third-order valence-corrected chi connectivity index (χ3v) is 5.52. The number of carbonyl (C=O) groups excluding carboxylic acids is 1. The lowest BCUT2D eigenvalue weighted by molar-refractivity contribution is 0.0949. The number of rotatable bonds is 3. The summed E-state index contributed by atoms with van der Waals surface area (Å²) in [6.45, 7) is 1.90. The van der Waals surface area contributed by atoms with Crippen LogP contribution in [0.3, 0.4) is 0 Å². The molecule has 0 radical (unpaired) electrons. The lowest BCUT2D eigenvalue weighted by Crippen LogP contribution is -2.21. The van der Waals surface area contributed by atoms with Gasteiger partial charge in [-0.3, -0.25) is 9.89 Å². The van der Waals surface area contributed by atoms with Crippen molar-refractivity contribution in [1.82, 2.24) is 15.6 Å². The maximum atomic E-state index is 12.8. The molecule has 0 aliphatic heterocycles. The lowest BCUT2D eigenvalue weighted by atomic mass is 9.89. The second-order valence-corrected chi connectivity index (χ2v) is 7.25. The van der Waals surface area contributed by atoms with Gasteiger partial charge in [-0.2, -0.15) is 10.2 Å². The van der Waals surface area contributed by atoms with Crippen molar-refractivity contribution in [3.63, 3.8) is 0 Å². The van der Waals surface area contributed by atoms with Crippen molar-refractivity contribution in [2.24, 2.45) is 5.10 Å². The number of hydrogen-bond acceptors (Lipinski definition) is 3. The SMILES string of the molecule is C/C(=N/NC(=O)c1[nH]nc2c1CCc1ccccc1-2)c1cccc2ccccc12. The Morgan fingerprint density at radius 2 is 1.79 bits per heavy atom. The molecular formula is C24H20N4O. The van der Waals surface area contributed by atoms with Gasteiger partial charge in [0.25, 0.3) is 5.91 Å². The van der Waals surface area contributed by atoms with Crippen LogP contribution in [0, 0.1) is 0 Å². The van der Waals surface area contributed by atoms with E-state index in [0.29, 0.717) is 5.69 Å². The number of aromatic nitrogens is 2. The van der Waals surface area contributed by atoms with Crippen molar-refractivity contribution < 1.29 is 4.79 Å². The molecule has 0 spiro atoms. The number of H-pyrrole nitrogens is 1. The fraction of sp³-hybridized carbons (Fsp3) is 0.125. The van der Waals surface area contributed by atoms with Gasteiger partial charge in [-0.15, -0.1) is 0 Å². The zero-order chi connectivity index (χ0) is 19.8. The van der Waals surface area contributed by atoms with Crippen molar-refractivity contribution in [2.75, 3.05) is 0 Å². The van der Waals surface area contributed by atoms with Crippen molar-refractivity contribution in [3.05, 3.63) is 89.1 Å². The molecule has 0 unspecified atom stereocenters. The Labute approximate surface area is 168 Å². The van der Waals surface area contributed by atoms with Crippen LogP contribution in [0.4, 0.5) is 0 Å². The van der Waals surface area contributed by atoms with Crippen LogP contribution in [0.15, 0.2) is 71.8 Å². The predicted molar refractivity (Wildman–Crippen MR) is 115 cm³/mol. The van der Waals surface area contributed by atoms with Crippen molar-refractivity contribution in [1.29, 1.82) is 0 Å². The molecule has 5 rings (SSSR count). The quantitative estimate of drug-likeness (QED) is 0.406. The van der Waals surface area contributed by atoms with Gasteiger partial charge in [-0.1, -0.05) is 66.7 Å². The van der Waals surface area contributed by atoms with Crippen LogP contribution < -0.4 is 5.43 Å². The number of carbonyl (C=O) groups is 1. The van der Waals surface area contributed by atoms with Crippen LogP contribution in [0.5, 0.6) is 0 Å². The van der Waals surface area contributed by atoms with Crippen LogP contribution in [-0.4, -0.2) is 21.8 Å². The third-order valence-electron chi connectivity index (χ3n) is 5.52. The van der Waals surface area contributed by atoms with E-state index in [-0.39, 0.29) is 5.91 Å². The van der Waals surface area contributed by atoms with Crippen molar-refractivity contribution in [2.45, 2.75) is 19.8 Å². The minimum absolute atomic E-state index is 0.266.